The van der Waals surface area contributed by atoms with Crippen LogP contribution in [0.25, 0.3) is 10.8 Å². The normalized spacial score (nSPS) is 11.7. The summed E-state index contributed by atoms with van der Waals surface area (Å²) in [5.41, 5.74) is -0.138. The fourth-order valence-corrected chi connectivity index (χ4v) is 3.29. The Morgan fingerprint density at radius 2 is 1.74 bits per heavy atom. The van der Waals surface area contributed by atoms with Crippen molar-refractivity contribution in [2.24, 2.45) is 0 Å². The van der Waals surface area contributed by atoms with Crippen molar-refractivity contribution in [2.75, 3.05) is 11.9 Å². The van der Waals surface area contributed by atoms with Gasteiger partial charge in [-0.3, -0.25) is 34.1 Å². The van der Waals surface area contributed by atoms with Crippen LogP contribution in [0.15, 0.2) is 76.6 Å². The zero-order valence-electron chi connectivity index (χ0n) is 16.2. The first-order valence-corrected chi connectivity index (χ1v) is 9.40. The number of benzene rings is 2. The molecule has 2 heterocycles. The largest absolute Gasteiger partial charge is 0.345 e. The van der Waals surface area contributed by atoms with Crippen LogP contribution in [0.5, 0.6) is 0 Å². The van der Waals surface area contributed by atoms with Gasteiger partial charge < -0.3 is 10.6 Å². The van der Waals surface area contributed by atoms with E-state index in [0.29, 0.717) is 5.56 Å². The van der Waals surface area contributed by atoms with Gasteiger partial charge in [0.15, 0.2) is 6.04 Å². The van der Waals surface area contributed by atoms with Crippen molar-refractivity contribution in [1.29, 1.82) is 0 Å². The molecule has 0 fully saturated rings. The number of amides is 2. The molecule has 1 atom stereocenters. The van der Waals surface area contributed by atoms with E-state index in [9.17, 15) is 19.2 Å². The first-order valence-electron chi connectivity index (χ1n) is 9.40. The highest BCUT2D eigenvalue weighted by molar-refractivity contribution is 6.03. The van der Waals surface area contributed by atoms with Crippen molar-refractivity contribution < 1.29 is 9.59 Å². The third-order valence-electron chi connectivity index (χ3n) is 4.68. The number of rotatable bonds is 6. The zero-order chi connectivity index (χ0) is 21.8. The summed E-state index contributed by atoms with van der Waals surface area (Å²) in [7, 11) is 0. The van der Waals surface area contributed by atoms with Crippen molar-refractivity contribution in [3.63, 3.8) is 0 Å². The summed E-state index contributed by atoms with van der Waals surface area (Å²) in [6.45, 7) is -0.332. The summed E-state index contributed by atoms with van der Waals surface area (Å²) in [6.07, 6.45) is 3.23. The molecule has 156 valence electrons. The van der Waals surface area contributed by atoms with E-state index in [2.05, 4.69) is 25.9 Å². The van der Waals surface area contributed by atoms with Crippen molar-refractivity contribution in [1.82, 2.24) is 25.3 Å². The molecule has 0 aliphatic rings. The summed E-state index contributed by atoms with van der Waals surface area (Å²) < 4.78 is 1.50. The minimum Gasteiger partial charge on any atom is -0.345 e. The molecule has 0 aliphatic heterocycles. The molecule has 10 nitrogen and oxygen atoms in total. The standard InChI is InChI=1S/C21H18N6O4/c28-16(24-15-9-4-8-14-17(15)20(30)26-25-19(14)29)12-22-21(31)18(27-11-5-10-23-27)13-6-2-1-3-7-13/h1-11,18H,12H2,(H,22,31)(H,24,28)(H,25,29)(H,26,30). The third kappa shape index (κ3) is 4.13. The van der Waals surface area contributed by atoms with Crippen molar-refractivity contribution in [2.45, 2.75) is 6.04 Å². The van der Waals surface area contributed by atoms with Gasteiger partial charge in [0.05, 0.1) is 23.0 Å². The monoisotopic (exact) mass is 418 g/mol. The smallest absolute Gasteiger partial charge is 0.272 e. The van der Waals surface area contributed by atoms with E-state index in [1.165, 1.54) is 16.8 Å². The van der Waals surface area contributed by atoms with Gasteiger partial charge in [0.2, 0.25) is 11.8 Å². The number of fused-ring (bicyclic) bond motifs is 1. The number of hydrogen-bond donors (Lipinski definition) is 4. The van der Waals surface area contributed by atoms with E-state index in [0.717, 1.165) is 0 Å². The number of aromatic amines is 2. The Morgan fingerprint density at radius 1 is 0.968 bits per heavy atom. The van der Waals surface area contributed by atoms with Gasteiger partial charge in [-0.15, -0.1) is 0 Å². The van der Waals surface area contributed by atoms with Gasteiger partial charge in [-0.1, -0.05) is 36.4 Å². The van der Waals surface area contributed by atoms with Crippen LogP contribution in [0.2, 0.25) is 0 Å². The summed E-state index contributed by atoms with van der Waals surface area (Å²) >= 11 is 0. The quantitative estimate of drug-likeness (QED) is 0.366. The molecule has 0 bridgehead atoms. The Bertz CT molecular complexity index is 1340. The third-order valence-corrected chi connectivity index (χ3v) is 4.68. The van der Waals surface area contributed by atoms with Crippen molar-refractivity contribution >= 4 is 28.3 Å². The van der Waals surface area contributed by atoms with Gasteiger partial charge >= 0.3 is 0 Å². The van der Waals surface area contributed by atoms with E-state index in [1.54, 1.807) is 36.7 Å². The molecular formula is C21H18N6O4. The van der Waals surface area contributed by atoms with E-state index in [-0.39, 0.29) is 23.0 Å². The summed E-state index contributed by atoms with van der Waals surface area (Å²) in [6, 6.07) is 14.6. The molecule has 2 aromatic heterocycles. The molecule has 10 heteroatoms. The van der Waals surface area contributed by atoms with Crippen LogP contribution in [-0.4, -0.2) is 38.3 Å². The molecule has 0 saturated heterocycles. The predicted octanol–water partition coefficient (Wildman–Crippen LogP) is 0.757. The van der Waals surface area contributed by atoms with Crippen LogP contribution in [0.4, 0.5) is 5.69 Å². The lowest BCUT2D eigenvalue weighted by molar-refractivity contribution is -0.126. The Hall–Kier alpha value is -4.47. The van der Waals surface area contributed by atoms with Gasteiger partial charge in [-0.05, 0) is 23.8 Å². The number of hydrogen-bond acceptors (Lipinski definition) is 5. The Morgan fingerprint density at radius 3 is 2.48 bits per heavy atom. The molecule has 0 radical (unpaired) electrons. The average molecular weight is 418 g/mol. The maximum Gasteiger partial charge on any atom is 0.272 e. The number of nitrogens with one attached hydrogen (secondary N) is 4. The molecule has 0 saturated carbocycles. The Balaban J connectivity index is 1.51. The Kier molecular flexibility index (Phi) is 5.43. The molecule has 31 heavy (non-hydrogen) atoms. The van der Waals surface area contributed by atoms with Crippen LogP contribution in [0, 0.1) is 0 Å². The molecule has 1 unspecified atom stereocenters. The number of nitrogens with zero attached hydrogens (tertiary/aromatic N) is 2. The predicted molar refractivity (Wildman–Crippen MR) is 114 cm³/mol. The van der Waals surface area contributed by atoms with Crippen LogP contribution in [0.3, 0.4) is 0 Å². The van der Waals surface area contributed by atoms with E-state index < -0.39 is 29.0 Å². The minimum absolute atomic E-state index is 0.0598. The van der Waals surface area contributed by atoms with Crippen molar-refractivity contribution in [3.8, 4) is 0 Å². The molecular weight excluding hydrogens is 400 g/mol. The van der Waals surface area contributed by atoms with Crippen molar-refractivity contribution in [3.05, 3.63) is 93.3 Å². The molecule has 0 aliphatic carbocycles. The molecule has 4 N–H and O–H groups in total. The van der Waals surface area contributed by atoms with Gasteiger partial charge in [0, 0.05) is 12.4 Å². The maximum absolute atomic E-state index is 12.9. The average Bonchev–Trinajstić information content (AvgIpc) is 3.30. The molecule has 4 aromatic rings. The first-order chi connectivity index (χ1) is 15.0. The lowest BCUT2D eigenvalue weighted by atomic mass is 10.1. The summed E-state index contributed by atoms with van der Waals surface area (Å²) in [5.74, 6) is -0.968. The Labute approximate surface area is 174 Å². The number of anilines is 1. The van der Waals surface area contributed by atoms with Gasteiger partial charge in [-0.2, -0.15) is 5.10 Å². The number of aromatic nitrogens is 4. The fraction of sp³-hybridized carbons (Fsp3) is 0.0952. The minimum atomic E-state index is -0.747. The second-order valence-corrected chi connectivity index (χ2v) is 6.70. The lowest BCUT2D eigenvalue weighted by Crippen LogP contribution is -2.38. The summed E-state index contributed by atoms with van der Waals surface area (Å²) in [5, 5.41) is 14.0. The second kappa shape index (κ2) is 8.49. The molecule has 0 spiro atoms. The van der Waals surface area contributed by atoms with Gasteiger partial charge in [0.1, 0.15) is 0 Å². The highest BCUT2D eigenvalue weighted by Gasteiger charge is 2.23. The van der Waals surface area contributed by atoms with E-state index in [4.69, 9.17) is 0 Å². The SMILES string of the molecule is O=C(CNC(=O)C(c1ccccc1)n1cccn1)Nc1cccc2c(=O)[nH][nH]c(=O)c12. The van der Waals surface area contributed by atoms with Crippen LogP contribution < -0.4 is 21.8 Å². The summed E-state index contributed by atoms with van der Waals surface area (Å²) in [4.78, 5) is 49.3. The van der Waals surface area contributed by atoms with Gasteiger partial charge in [0.25, 0.3) is 11.1 Å². The molecule has 2 amide bonds. The fourth-order valence-electron chi connectivity index (χ4n) is 3.29. The molecule has 2 aromatic carbocycles. The highest BCUT2D eigenvalue weighted by Crippen LogP contribution is 2.18. The topological polar surface area (TPSA) is 142 Å². The van der Waals surface area contributed by atoms with Crippen LogP contribution in [0.1, 0.15) is 11.6 Å². The lowest BCUT2D eigenvalue weighted by Gasteiger charge is -2.18. The first kappa shape index (κ1) is 19.8. The van der Waals surface area contributed by atoms with E-state index >= 15 is 0 Å². The van der Waals surface area contributed by atoms with E-state index in [1.807, 2.05) is 18.2 Å². The number of carbonyl (C=O) groups is 2. The second-order valence-electron chi connectivity index (χ2n) is 6.70. The maximum atomic E-state index is 12.9. The zero-order valence-corrected chi connectivity index (χ0v) is 16.2. The number of H-pyrrole nitrogens is 2. The van der Waals surface area contributed by atoms with Gasteiger partial charge in [-0.25, -0.2) is 0 Å². The van der Waals surface area contributed by atoms with Crippen LogP contribution in [-0.2, 0) is 9.59 Å². The van der Waals surface area contributed by atoms with Crippen LogP contribution >= 0.6 is 0 Å². The highest BCUT2D eigenvalue weighted by atomic mass is 16.2. The number of carbonyl (C=O) groups excluding carboxylic acids is 2. The molecule has 4 rings (SSSR count).